The average Bonchev–Trinajstić information content (AvgIpc) is 2.30. The van der Waals surface area contributed by atoms with Gasteiger partial charge in [-0.25, -0.2) is 0 Å². The van der Waals surface area contributed by atoms with Crippen LogP contribution >= 0.6 is 0 Å². The number of para-hydroxylation sites is 1. The molecule has 0 bridgehead atoms. The molecule has 0 saturated heterocycles. The Morgan fingerprint density at radius 3 is 3.19 bits per heavy atom. The van der Waals surface area contributed by atoms with Crippen LogP contribution in [0.25, 0.3) is 0 Å². The van der Waals surface area contributed by atoms with Gasteiger partial charge in [0.15, 0.2) is 0 Å². The van der Waals surface area contributed by atoms with Crippen LogP contribution in [0, 0.1) is 0 Å². The van der Waals surface area contributed by atoms with Gasteiger partial charge in [0.1, 0.15) is 5.75 Å². The summed E-state index contributed by atoms with van der Waals surface area (Å²) in [4.78, 5) is 11.4. The van der Waals surface area contributed by atoms with Crippen molar-refractivity contribution in [3.8, 4) is 5.75 Å². The molecule has 16 heavy (non-hydrogen) atoms. The van der Waals surface area contributed by atoms with Crippen LogP contribution in [0.15, 0.2) is 18.2 Å². The molecular formula is C13H16O3. The number of hydrogen-bond acceptors (Lipinski definition) is 3. The third-order valence-electron chi connectivity index (χ3n) is 2.66. The summed E-state index contributed by atoms with van der Waals surface area (Å²) >= 11 is 0. The first-order valence-electron chi connectivity index (χ1n) is 5.70. The maximum absolute atomic E-state index is 11.4. The molecule has 0 aliphatic carbocycles. The summed E-state index contributed by atoms with van der Waals surface area (Å²) in [7, 11) is 0. The Bertz CT molecular complexity index is 385. The Morgan fingerprint density at radius 2 is 2.38 bits per heavy atom. The smallest absolute Gasteiger partial charge is 0.310 e. The number of aryl methyl sites for hydroxylation is 1. The van der Waals surface area contributed by atoms with Crippen molar-refractivity contribution < 1.29 is 14.3 Å². The first-order valence-corrected chi connectivity index (χ1v) is 5.70. The highest BCUT2D eigenvalue weighted by molar-refractivity contribution is 5.74. The lowest BCUT2D eigenvalue weighted by Crippen LogP contribution is -2.13. The monoisotopic (exact) mass is 220 g/mol. The summed E-state index contributed by atoms with van der Waals surface area (Å²) in [5.41, 5.74) is 2.14. The van der Waals surface area contributed by atoms with Gasteiger partial charge in [0.2, 0.25) is 0 Å². The number of fused-ring (bicyclic) bond motifs is 1. The van der Waals surface area contributed by atoms with E-state index in [1.807, 2.05) is 19.1 Å². The van der Waals surface area contributed by atoms with E-state index in [0.717, 1.165) is 30.8 Å². The van der Waals surface area contributed by atoms with E-state index in [1.165, 1.54) is 5.56 Å². The molecule has 0 fully saturated rings. The number of benzene rings is 1. The average molecular weight is 220 g/mol. The van der Waals surface area contributed by atoms with Gasteiger partial charge < -0.3 is 9.47 Å². The highest BCUT2D eigenvalue weighted by Crippen LogP contribution is 2.29. The summed E-state index contributed by atoms with van der Waals surface area (Å²) < 4.78 is 10.6. The molecule has 0 unspecified atom stereocenters. The fraction of sp³-hybridized carbons (Fsp3) is 0.462. The van der Waals surface area contributed by atoms with Gasteiger partial charge in [0.25, 0.3) is 0 Å². The zero-order valence-electron chi connectivity index (χ0n) is 9.49. The molecule has 3 nitrogen and oxygen atoms in total. The van der Waals surface area contributed by atoms with Gasteiger partial charge >= 0.3 is 5.97 Å². The number of carbonyl (C=O) groups excluding carboxylic acids is 1. The first kappa shape index (κ1) is 11.0. The van der Waals surface area contributed by atoms with Gasteiger partial charge in [-0.05, 0) is 25.3 Å². The number of carbonyl (C=O) groups is 1. The Balaban J connectivity index is 2.17. The fourth-order valence-corrected chi connectivity index (χ4v) is 1.96. The van der Waals surface area contributed by atoms with Crippen molar-refractivity contribution in [1.29, 1.82) is 0 Å². The molecule has 1 aliphatic heterocycles. The third kappa shape index (κ3) is 2.35. The van der Waals surface area contributed by atoms with Crippen molar-refractivity contribution in [3.05, 3.63) is 29.3 Å². The lowest BCUT2D eigenvalue weighted by atomic mass is 10.0. The minimum atomic E-state index is -0.190. The first-order chi connectivity index (χ1) is 7.81. The van der Waals surface area contributed by atoms with Crippen LogP contribution < -0.4 is 4.74 Å². The maximum atomic E-state index is 11.4. The molecule has 0 N–H and O–H groups in total. The van der Waals surface area contributed by atoms with E-state index >= 15 is 0 Å². The highest BCUT2D eigenvalue weighted by Gasteiger charge is 2.16. The largest absolute Gasteiger partial charge is 0.493 e. The summed E-state index contributed by atoms with van der Waals surface area (Å²) in [6, 6.07) is 5.96. The second kappa shape index (κ2) is 5.01. The predicted octanol–water partition coefficient (Wildman–Crippen LogP) is 2.12. The second-order valence-electron chi connectivity index (χ2n) is 3.84. The fourth-order valence-electron chi connectivity index (χ4n) is 1.96. The lowest BCUT2D eigenvalue weighted by Gasteiger charge is -2.19. The van der Waals surface area contributed by atoms with Gasteiger partial charge in [0, 0.05) is 5.56 Å². The number of ether oxygens (including phenoxy) is 2. The zero-order valence-corrected chi connectivity index (χ0v) is 9.49. The molecule has 1 heterocycles. The van der Waals surface area contributed by atoms with Gasteiger partial charge in [-0.15, -0.1) is 0 Å². The molecule has 1 aliphatic rings. The number of hydrogen-bond donors (Lipinski definition) is 0. The molecule has 86 valence electrons. The van der Waals surface area contributed by atoms with Gasteiger partial charge in [0.05, 0.1) is 19.6 Å². The molecule has 2 rings (SSSR count). The van der Waals surface area contributed by atoms with E-state index in [9.17, 15) is 4.79 Å². The Kier molecular flexibility index (Phi) is 3.44. The van der Waals surface area contributed by atoms with Crippen LogP contribution in [0.4, 0.5) is 0 Å². The summed E-state index contributed by atoms with van der Waals surface area (Å²) in [6.45, 7) is 2.98. The Morgan fingerprint density at radius 1 is 1.50 bits per heavy atom. The van der Waals surface area contributed by atoms with Crippen LogP contribution in [-0.4, -0.2) is 19.2 Å². The Labute approximate surface area is 95.4 Å². The molecule has 0 amide bonds. The molecule has 0 spiro atoms. The van der Waals surface area contributed by atoms with Crippen LogP contribution in [0.1, 0.15) is 24.5 Å². The standard InChI is InChI=1S/C13H16O3/c1-2-15-12(14)9-11-6-3-5-10-7-4-8-16-13(10)11/h3,5-6H,2,4,7-9H2,1H3. The molecule has 1 aromatic rings. The molecule has 0 atom stereocenters. The van der Waals surface area contributed by atoms with Crippen molar-refractivity contribution in [1.82, 2.24) is 0 Å². The summed E-state index contributed by atoms with van der Waals surface area (Å²) in [6.07, 6.45) is 2.39. The van der Waals surface area contributed by atoms with Gasteiger partial charge in [-0.1, -0.05) is 18.2 Å². The van der Waals surface area contributed by atoms with Crippen molar-refractivity contribution >= 4 is 5.97 Å². The molecule has 1 aromatic carbocycles. The molecule has 3 heteroatoms. The summed E-state index contributed by atoms with van der Waals surface area (Å²) in [5.74, 6) is 0.701. The van der Waals surface area contributed by atoms with Crippen molar-refractivity contribution in [2.45, 2.75) is 26.2 Å². The maximum Gasteiger partial charge on any atom is 0.310 e. The minimum Gasteiger partial charge on any atom is -0.493 e. The lowest BCUT2D eigenvalue weighted by molar-refractivity contribution is -0.142. The Hall–Kier alpha value is -1.51. The van der Waals surface area contributed by atoms with E-state index in [4.69, 9.17) is 9.47 Å². The van der Waals surface area contributed by atoms with Crippen LogP contribution in [-0.2, 0) is 22.4 Å². The van der Waals surface area contributed by atoms with E-state index < -0.39 is 0 Å². The van der Waals surface area contributed by atoms with Gasteiger partial charge in [-0.3, -0.25) is 4.79 Å². The molecule has 0 saturated carbocycles. The highest BCUT2D eigenvalue weighted by atomic mass is 16.5. The SMILES string of the molecule is CCOC(=O)Cc1cccc2c1OCCC2. The topological polar surface area (TPSA) is 35.5 Å². The van der Waals surface area contributed by atoms with Crippen LogP contribution in [0.5, 0.6) is 5.75 Å². The van der Waals surface area contributed by atoms with E-state index in [2.05, 4.69) is 6.07 Å². The third-order valence-corrected chi connectivity index (χ3v) is 2.66. The van der Waals surface area contributed by atoms with Crippen molar-refractivity contribution in [2.24, 2.45) is 0 Å². The summed E-state index contributed by atoms with van der Waals surface area (Å²) in [5, 5.41) is 0. The molecule has 0 radical (unpaired) electrons. The van der Waals surface area contributed by atoms with E-state index in [1.54, 1.807) is 0 Å². The molecule has 0 aromatic heterocycles. The second-order valence-corrected chi connectivity index (χ2v) is 3.84. The van der Waals surface area contributed by atoms with E-state index in [-0.39, 0.29) is 5.97 Å². The molecular weight excluding hydrogens is 204 g/mol. The van der Waals surface area contributed by atoms with Crippen LogP contribution in [0.2, 0.25) is 0 Å². The number of esters is 1. The number of rotatable bonds is 3. The minimum absolute atomic E-state index is 0.190. The normalized spacial score (nSPS) is 13.8. The van der Waals surface area contributed by atoms with Gasteiger partial charge in [-0.2, -0.15) is 0 Å². The quantitative estimate of drug-likeness (QED) is 0.732. The van der Waals surface area contributed by atoms with E-state index in [0.29, 0.717) is 13.0 Å². The van der Waals surface area contributed by atoms with Crippen molar-refractivity contribution in [2.75, 3.05) is 13.2 Å². The predicted molar refractivity (Wildman–Crippen MR) is 60.6 cm³/mol. The zero-order chi connectivity index (χ0) is 11.4. The van der Waals surface area contributed by atoms with Crippen molar-refractivity contribution in [3.63, 3.8) is 0 Å². The van der Waals surface area contributed by atoms with Crippen LogP contribution in [0.3, 0.4) is 0 Å².